The molecule has 7 nitrogen and oxygen atoms in total. The van der Waals surface area contributed by atoms with Gasteiger partial charge in [-0.1, -0.05) is 23.5 Å². The fraction of sp³-hybridized carbons (Fsp3) is 0.179. The SMILES string of the molecule is COc1ccc2nc(N=Nc3ccc(N(CC[n+]4ccccc4)CC[n+]4ccccc4)cc3)sc2c1. The van der Waals surface area contributed by atoms with Crippen molar-refractivity contribution in [3.63, 3.8) is 0 Å². The molecule has 0 bridgehead atoms. The molecule has 0 aliphatic carbocycles. The number of rotatable bonds is 10. The van der Waals surface area contributed by atoms with Gasteiger partial charge in [0.1, 0.15) is 5.75 Å². The van der Waals surface area contributed by atoms with E-state index >= 15 is 0 Å². The molecule has 3 aromatic heterocycles. The van der Waals surface area contributed by atoms with Gasteiger partial charge in [-0.15, -0.1) is 10.2 Å². The Kier molecular flexibility index (Phi) is 7.53. The number of hydrogen-bond donors (Lipinski definition) is 0. The van der Waals surface area contributed by atoms with Gasteiger partial charge >= 0.3 is 0 Å². The van der Waals surface area contributed by atoms with Crippen LogP contribution in [0.2, 0.25) is 0 Å². The van der Waals surface area contributed by atoms with E-state index in [0.29, 0.717) is 5.13 Å². The average molecular weight is 497 g/mol. The van der Waals surface area contributed by atoms with Crippen LogP contribution in [0.5, 0.6) is 5.75 Å². The second-order valence-corrected chi connectivity index (χ2v) is 9.27. The summed E-state index contributed by atoms with van der Waals surface area (Å²) in [4.78, 5) is 6.95. The minimum Gasteiger partial charge on any atom is -0.497 e. The van der Waals surface area contributed by atoms with Gasteiger partial charge in [-0.3, -0.25) is 0 Å². The number of hydrogen-bond acceptors (Lipinski definition) is 6. The molecule has 0 N–H and O–H groups in total. The van der Waals surface area contributed by atoms with Crippen molar-refractivity contribution < 1.29 is 13.9 Å². The largest absolute Gasteiger partial charge is 0.497 e. The van der Waals surface area contributed by atoms with Crippen LogP contribution in [0.15, 0.2) is 114 Å². The number of thiazole rings is 1. The van der Waals surface area contributed by atoms with Crippen LogP contribution in [0.1, 0.15) is 0 Å². The summed E-state index contributed by atoms with van der Waals surface area (Å²) < 4.78 is 10.7. The number of nitrogens with zero attached hydrogens (tertiary/aromatic N) is 6. The molecule has 180 valence electrons. The molecule has 5 rings (SSSR count). The van der Waals surface area contributed by atoms with Gasteiger partial charge in [0.05, 0.1) is 36.1 Å². The summed E-state index contributed by atoms with van der Waals surface area (Å²) in [5.74, 6) is 0.811. The fourth-order valence-electron chi connectivity index (χ4n) is 3.90. The summed E-state index contributed by atoms with van der Waals surface area (Å²) in [6, 6.07) is 26.4. The molecule has 0 saturated heterocycles. The van der Waals surface area contributed by atoms with Crippen LogP contribution < -0.4 is 18.8 Å². The molecule has 0 radical (unpaired) electrons. The Balaban J connectivity index is 1.29. The number of ether oxygens (including phenoxy) is 1. The van der Waals surface area contributed by atoms with Gasteiger partial charge in [-0.05, 0) is 42.5 Å². The zero-order valence-electron chi connectivity index (χ0n) is 20.1. The van der Waals surface area contributed by atoms with Gasteiger partial charge in [-0.2, -0.15) is 0 Å². The molecule has 0 atom stereocenters. The Morgan fingerprint density at radius 1 is 0.806 bits per heavy atom. The fourth-order valence-corrected chi connectivity index (χ4v) is 4.72. The first-order valence-electron chi connectivity index (χ1n) is 11.9. The maximum absolute atomic E-state index is 5.29. The lowest BCUT2D eigenvalue weighted by molar-refractivity contribution is -0.697. The number of fused-ring (bicyclic) bond motifs is 1. The highest BCUT2D eigenvalue weighted by atomic mass is 32.1. The summed E-state index contributed by atoms with van der Waals surface area (Å²) in [5.41, 5.74) is 2.85. The van der Waals surface area contributed by atoms with Crippen molar-refractivity contribution in [3.8, 4) is 5.75 Å². The second-order valence-electron chi connectivity index (χ2n) is 8.26. The van der Waals surface area contributed by atoms with Crippen LogP contribution >= 0.6 is 11.3 Å². The maximum Gasteiger partial charge on any atom is 0.231 e. The highest BCUT2D eigenvalue weighted by Crippen LogP contribution is 2.32. The van der Waals surface area contributed by atoms with Crippen molar-refractivity contribution >= 4 is 38.1 Å². The van der Waals surface area contributed by atoms with Gasteiger partial charge in [-0.25, -0.2) is 14.1 Å². The van der Waals surface area contributed by atoms with Crippen molar-refractivity contribution in [2.75, 3.05) is 25.1 Å². The van der Waals surface area contributed by atoms with Crippen LogP contribution in [0.3, 0.4) is 0 Å². The van der Waals surface area contributed by atoms with Crippen molar-refractivity contribution in [3.05, 3.63) is 104 Å². The molecule has 36 heavy (non-hydrogen) atoms. The first-order valence-corrected chi connectivity index (χ1v) is 12.7. The zero-order valence-corrected chi connectivity index (χ0v) is 21.0. The molecular formula is C28H28N6OS+2. The quantitative estimate of drug-likeness (QED) is 0.189. The normalized spacial score (nSPS) is 11.2. The molecule has 3 heterocycles. The molecule has 0 aliphatic rings. The van der Waals surface area contributed by atoms with E-state index in [1.165, 1.54) is 11.3 Å². The van der Waals surface area contributed by atoms with Gasteiger partial charge in [0, 0.05) is 30.0 Å². The number of anilines is 1. The number of benzene rings is 2. The molecule has 5 aromatic rings. The third-order valence-electron chi connectivity index (χ3n) is 5.86. The predicted molar refractivity (Wildman–Crippen MR) is 142 cm³/mol. The van der Waals surface area contributed by atoms with Crippen LogP contribution in [0.25, 0.3) is 10.2 Å². The van der Waals surface area contributed by atoms with Gasteiger partial charge < -0.3 is 9.64 Å². The number of pyridine rings is 2. The highest BCUT2D eigenvalue weighted by molar-refractivity contribution is 7.21. The number of methoxy groups -OCH3 is 1. The van der Waals surface area contributed by atoms with E-state index in [4.69, 9.17) is 4.74 Å². The Morgan fingerprint density at radius 3 is 2.06 bits per heavy atom. The Morgan fingerprint density at radius 2 is 1.44 bits per heavy atom. The topological polar surface area (TPSA) is 57.8 Å². The Hall–Kier alpha value is -4.17. The van der Waals surface area contributed by atoms with E-state index < -0.39 is 0 Å². The van der Waals surface area contributed by atoms with Crippen molar-refractivity contribution in [2.24, 2.45) is 10.2 Å². The Labute approximate surface area is 214 Å². The summed E-state index contributed by atoms with van der Waals surface area (Å²) in [6.45, 7) is 3.62. The standard InChI is InChI=1S/C28H28N6OS/c1-35-25-12-13-26-27(22-25)36-28(29-26)31-30-23-8-10-24(11-9-23)34(20-18-32-14-4-2-5-15-32)21-19-33-16-6-3-7-17-33/h2-17,22H,18-21H2,1H3/q+2. The first-order chi connectivity index (χ1) is 17.8. The van der Waals surface area contributed by atoms with E-state index in [1.54, 1.807) is 7.11 Å². The van der Waals surface area contributed by atoms with Crippen LogP contribution in [0, 0.1) is 0 Å². The van der Waals surface area contributed by atoms with Crippen LogP contribution in [-0.4, -0.2) is 25.2 Å². The third-order valence-corrected chi connectivity index (χ3v) is 6.76. The van der Waals surface area contributed by atoms with Gasteiger partial charge in [0.15, 0.2) is 37.9 Å². The molecule has 0 fully saturated rings. The van der Waals surface area contributed by atoms with Gasteiger partial charge in [0.2, 0.25) is 5.13 Å². The van der Waals surface area contributed by atoms with Crippen molar-refractivity contribution in [2.45, 2.75) is 13.1 Å². The molecule has 0 unspecified atom stereocenters. The molecule has 0 amide bonds. The molecular weight excluding hydrogens is 468 g/mol. The van der Waals surface area contributed by atoms with E-state index in [9.17, 15) is 0 Å². The number of azo groups is 1. The summed E-state index contributed by atoms with van der Waals surface area (Å²) in [5, 5.41) is 9.41. The van der Waals surface area contributed by atoms with E-state index in [0.717, 1.165) is 53.5 Å². The van der Waals surface area contributed by atoms with Gasteiger partial charge in [0.25, 0.3) is 0 Å². The average Bonchev–Trinajstić information content (AvgIpc) is 3.35. The molecule has 0 saturated carbocycles. The minimum atomic E-state index is 0.628. The summed E-state index contributed by atoms with van der Waals surface area (Å²) >= 11 is 1.50. The predicted octanol–water partition coefficient (Wildman–Crippen LogP) is 5.50. The zero-order chi connectivity index (χ0) is 24.6. The summed E-state index contributed by atoms with van der Waals surface area (Å²) in [6.07, 6.45) is 8.41. The molecule has 8 heteroatoms. The molecule has 2 aromatic carbocycles. The smallest absolute Gasteiger partial charge is 0.231 e. The van der Waals surface area contributed by atoms with E-state index in [-0.39, 0.29) is 0 Å². The Bertz CT molecular complexity index is 1380. The second kappa shape index (κ2) is 11.5. The molecule has 0 spiro atoms. The highest BCUT2D eigenvalue weighted by Gasteiger charge is 2.12. The lowest BCUT2D eigenvalue weighted by Crippen LogP contribution is -2.44. The monoisotopic (exact) mass is 496 g/mol. The van der Waals surface area contributed by atoms with E-state index in [1.807, 2.05) is 42.5 Å². The molecule has 0 aliphatic heterocycles. The minimum absolute atomic E-state index is 0.628. The van der Waals surface area contributed by atoms with Crippen LogP contribution in [0.4, 0.5) is 16.5 Å². The van der Waals surface area contributed by atoms with Crippen LogP contribution in [-0.2, 0) is 13.1 Å². The van der Waals surface area contributed by atoms with Crippen molar-refractivity contribution in [1.82, 2.24) is 4.98 Å². The maximum atomic E-state index is 5.29. The number of aromatic nitrogens is 3. The lowest BCUT2D eigenvalue weighted by Gasteiger charge is -2.22. The van der Waals surface area contributed by atoms with Crippen molar-refractivity contribution in [1.29, 1.82) is 0 Å². The summed E-state index contributed by atoms with van der Waals surface area (Å²) in [7, 11) is 1.66. The van der Waals surface area contributed by atoms with E-state index in [2.05, 4.69) is 90.4 Å². The lowest BCUT2D eigenvalue weighted by atomic mass is 10.2. The first kappa shape index (κ1) is 23.6. The third kappa shape index (κ3) is 6.09.